The zero-order valence-corrected chi connectivity index (χ0v) is 9.20. The van der Waals surface area contributed by atoms with Crippen molar-refractivity contribution in [2.45, 2.75) is 25.4 Å². The van der Waals surface area contributed by atoms with Gasteiger partial charge in [0.05, 0.1) is 11.2 Å². The number of hydrogen-bond donors (Lipinski definition) is 1. The molecule has 1 unspecified atom stereocenters. The molecule has 15 heavy (non-hydrogen) atoms. The van der Waals surface area contributed by atoms with Crippen LogP contribution in [0.15, 0.2) is 23.8 Å². The van der Waals surface area contributed by atoms with Crippen LogP contribution in [-0.4, -0.2) is 15.6 Å². The molecule has 0 aliphatic carbocycles. The summed E-state index contributed by atoms with van der Waals surface area (Å²) in [5.74, 6) is 0. The molecule has 3 heterocycles. The van der Waals surface area contributed by atoms with Crippen molar-refractivity contribution < 1.29 is 0 Å². The summed E-state index contributed by atoms with van der Waals surface area (Å²) in [5.41, 5.74) is 8.43. The Morgan fingerprint density at radius 2 is 2.47 bits per heavy atom. The van der Waals surface area contributed by atoms with Crippen molar-refractivity contribution in [3.8, 4) is 10.6 Å². The molecule has 0 bridgehead atoms. The number of nitrogens with zero attached hydrogens (tertiary/aromatic N) is 2. The number of nitrogens with two attached hydrogens (primary N) is 1. The third-order valence-electron chi connectivity index (χ3n) is 2.88. The van der Waals surface area contributed by atoms with E-state index in [0.717, 1.165) is 25.1 Å². The predicted octanol–water partition coefficient (Wildman–Crippen LogP) is 1.89. The highest BCUT2D eigenvalue weighted by Gasteiger charge is 2.20. The first kappa shape index (κ1) is 9.12. The van der Waals surface area contributed by atoms with E-state index < -0.39 is 0 Å². The molecule has 2 aromatic rings. The van der Waals surface area contributed by atoms with E-state index >= 15 is 0 Å². The van der Waals surface area contributed by atoms with Gasteiger partial charge in [-0.05, 0) is 24.3 Å². The molecule has 0 spiro atoms. The third kappa shape index (κ3) is 1.50. The Morgan fingerprint density at radius 3 is 3.27 bits per heavy atom. The lowest BCUT2D eigenvalue weighted by atomic mass is 10.0. The highest BCUT2D eigenvalue weighted by atomic mass is 32.1. The van der Waals surface area contributed by atoms with Gasteiger partial charge in [0.1, 0.15) is 5.69 Å². The molecule has 1 atom stereocenters. The Labute approximate surface area is 92.6 Å². The highest BCUT2D eigenvalue weighted by molar-refractivity contribution is 7.13. The molecule has 0 amide bonds. The second-order valence-corrected chi connectivity index (χ2v) is 4.92. The van der Waals surface area contributed by atoms with Gasteiger partial charge >= 0.3 is 0 Å². The molecule has 0 saturated heterocycles. The van der Waals surface area contributed by atoms with Crippen LogP contribution in [0, 0.1) is 0 Å². The molecule has 1 aliphatic rings. The van der Waals surface area contributed by atoms with Crippen LogP contribution in [0.25, 0.3) is 10.6 Å². The maximum Gasteiger partial charge on any atom is 0.101 e. The van der Waals surface area contributed by atoms with Gasteiger partial charge < -0.3 is 10.3 Å². The summed E-state index contributed by atoms with van der Waals surface area (Å²) in [5, 5.41) is 2.09. The van der Waals surface area contributed by atoms with E-state index in [4.69, 9.17) is 5.73 Å². The standard InChI is InChI=1S/C11H13N3S/c12-8-3-4-9-11(10-2-1-5-15-10)13-7-14(9)6-8/h1-2,5,7-8H,3-4,6,12H2. The minimum atomic E-state index is 0.294. The van der Waals surface area contributed by atoms with Crippen molar-refractivity contribution in [1.82, 2.24) is 9.55 Å². The van der Waals surface area contributed by atoms with Crippen LogP contribution in [0.4, 0.5) is 0 Å². The van der Waals surface area contributed by atoms with Crippen LogP contribution in [0.5, 0.6) is 0 Å². The Morgan fingerprint density at radius 1 is 1.53 bits per heavy atom. The molecular formula is C11H13N3S. The van der Waals surface area contributed by atoms with Gasteiger partial charge in [-0.25, -0.2) is 4.98 Å². The van der Waals surface area contributed by atoms with E-state index in [2.05, 4.69) is 27.1 Å². The lowest BCUT2D eigenvalue weighted by Gasteiger charge is -2.20. The monoisotopic (exact) mass is 219 g/mol. The minimum Gasteiger partial charge on any atom is -0.332 e. The van der Waals surface area contributed by atoms with Crippen molar-refractivity contribution in [2.75, 3.05) is 0 Å². The maximum atomic E-state index is 5.93. The van der Waals surface area contributed by atoms with Crippen molar-refractivity contribution in [3.63, 3.8) is 0 Å². The lowest BCUT2D eigenvalue weighted by molar-refractivity contribution is 0.461. The van der Waals surface area contributed by atoms with Crippen LogP contribution in [-0.2, 0) is 13.0 Å². The molecule has 1 aliphatic heterocycles. The van der Waals surface area contributed by atoms with Crippen LogP contribution in [0.2, 0.25) is 0 Å². The van der Waals surface area contributed by atoms with Gasteiger partial charge in [0.2, 0.25) is 0 Å². The molecule has 2 aromatic heterocycles. The van der Waals surface area contributed by atoms with E-state index in [1.807, 2.05) is 6.33 Å². The second kappa shape index (κ2) is 3.47. The Hall–Kier alpha value is -1.13. The molecule has 2 N–H and O–H groups in total. The molecule has 0 saturated carbocycles. The van der Waals surface area contributed by atoms with Crippen LogP contribution in [0.3, 0.4) is 0 Å². The molecule has 0 aromatic carbocycles. The minimum absolute atomic E-state index is 0.294. The summed E-state index contributed by atoms with van der Waals surface area (Å²) in [6.45, 7) is 0.910. The van der Waals surface area contributed by atoms with Crippen LogP contribution in [0.1, 0.15) is 12.1 Å². The Kier molecular flexibility index (Phi) is 2.11. The van der Waals surface area contributed by atoms with Gasteiger partial charge in [0.15, 0.2) is 0 Å². The smallest absolute Gasteiger partial charge is 0.101 e. The first-order chi connectivity index (χ1) is 7.34. The molecular weight excluding hydrogens is 206 g/mol. The van der Waals surface area contributed by atoms with E-state index in [9.17, 15) is 0 Å². The fourth-order valence-electron chi connectivity index (χ4n) is 2.11. The summed E-state index contributed by atoms with van der Waals surface area (Å²) in [6, 6.07) is 4.49. The number of thiophene rings is 1. The van der Waals surface area contributed by atoms with E-state index in [-0.39, 0.29) is 0 Å². The van der Waals surface area contributed by atoms with Gasteiger partial charge in [0, 0.05) is 18.3 Å². The quantitative estimate of drug-likeness (QED) is 0.796. The number of hydrogen-bond acceptors (Lipinski definition) is 3. The largest absolute Gasteiger partial charge is 0.332 e. The van der Waals surface area contributed by atoms with Gasteiger partial charge in [-0.1, -0.05) is 6.07 Å². The summed E-state index contributed by atoms with van der Waals surface area (Å²) in [7, 11) is 0. The van der Waals surface area contributed by atoms with Crippen molar-refractivity contribution in [2.24, 2.45) is 5.73 Å². The molecule has 0 fully saturated rings. The van der Waals surface area contributed by atoms with Crippen LogP contribution >= 0.6 is 11.3 Å². The lowest BCUT2D eigenvalue weighted by Crippen LogP contribution is -2.31. The average molecular weight is 219 g/mol. The predicted molar refractivity (Wildman–Crippen MR) is 61.8 cm³/mol. The summed E-state index contributed by atoms with van der Waals surface area (Å²) in [6.07, 6.45) is 4.04. The zero-order valence-electron chi connectivity index (χ0n) is 8.39. The highest BCUT2D eigenvalue weighted by Crippen LogP contribution is 2.29. The van der Waals surface area contributed by atoms with Crippen LogP contribution < -0.4 is 5.73 Å². The number of fused-ring (bicyclic) bond motifs is 1. The molecule has 4 heteroatoms. The normalized spacial score (nSPS) is 20.2. The zero-order chi connectivity index (χ0) is 10.3. The fraction of sp³-hybridized carbons (Fsp3) is 0.364. The van der Waals surface area contributed by atoms with Gasteiger partial charge in [0.25, 0.3) is 0 Å². The molecule has 3 rings (SSSR count). The fourth-order valence-corrected chi connectivity index (χ4v) is 2.86. The van der Waals surface area contributed by atoms with Gasteiger partial charge in [-0.3, -0.25) is 0 Å². The van der Waals surface area contributed by atoms with Gasteiger partial charge in [-0.2, -0.15) is 0 Å². The first-order valence-corrected chi connectivity index (χ1v) is 6.06. The maximum absolute atomic E-state index is 5.93. The average Bonchev–Trinajstić information content (AvgIpc) is 2.82. The Balaban J connectivity index is 2.05. The van der Waals surface area contributed by atoms with Crippen molar-refractivity contribution in [1.29, 1.82) is 0 Å². The molecule has 0 radical (unpaired) electrons. The number of imidazole rings is 1. The third-order valence-corrected chi connectivity index (χ3v) is 3.76. The summed E-state index contributed by atoms with van der Waals surface area (Å²) >= 11 is 1.75. The number of rotatable bonds is 1. The van der Waals surface area contributed by atoms with E-state index in [0.29, 0.717) is 6.04 Å². The van der Waals surface area contributed by atoms with E-state index in [1.165, 1.54) is 10.6 Å². The summed E-state index contributed by atoms with van der Waals surface area (Å²) < 4.78 is 2.20. The SMILES string of the molecule is NC1CCc2c(-c3cccs3)ncn2C1. The molecule has 3 nitrogen and oxygen atoms in total. The first-order valence-electron chi connectivity index (χ1n) is 5.18. The number of aromatic nitrogens is 2. The second-order valence-electron chi connectivity index (χ2n) is 3.97. The van der Waals surface area contributed by atoms with Gasteiger partial charge in [-0.15, -0.1) is 11.3 Å². The molecule has 78 valence electrons. The van der Waals surface area contributed by atoms with Crippen molar-refractivity contribution >= 4 is 11.3 Å². The van der Waals surface area contributed by atoms with Crippen molar-refractivity contribution in [3.05, 3.63) is 29.5 Å². The van der Waals surface area contributed by atoms with E-state index in [1.54, 1.807) is 11.3 Å². The topological polar surface area (TPSA) is 43.8 Å². The Bertz CT molecular complexity index is 458. The summed E-state index contributed by atoms with van der Waals surface area (Å²) in [4.78, 5) is 5.76.